The molecule has 0 bridgehead atoms. The van der Waals surface area contributed by atoms with Gasteiger partial charge in [-0.15, -0.1) is 11.8 Å². The molecule has 1 aliphatic heterocycles. The van der Waals surface area contributed by atoms with Crippen molar-refractivity contribution in [2.75, 3.05) is 12.4 Å². The summed E-state index contributed by atoms with van der Waals surface area (Å²) in [6, 6.07) is 2.15. The van der Waals surface area contributed by atoms with E-state index in [0.29, 0.717) is 6.61 Å². The standard InChI is InChI=1S/C20H23NO2S/c1-3-8-23-16-10-13-5-4-6-15(13)18-19(16)21-12(2)17(20(18)22)14-7-9-24-11-14/h7,9-10,14H,3-6,8,11H2,1-2H3,(H,21,22). The molecule has 2 aliphatic rings. The lowest BCUT2D eigenvalue weighted by Gasteiger charge is -2.17. The van der Waals surface area contributed by atoms with E-state index in [2.05, 4.69) is 29.5 Å². The summed E-state index contributed by atoms with van der Waals surface area (Å²) in [5.74, 6) is 2.03. The highest BCUT2D eigenvalue weighted by Gasteiger charge is 2.25. The summed E-state index contributed by atoms with van der Waals surface area (Å²) in [4.78, 5) is 16.9. The van der Waals surface area contributed by atoms with Gasteiger partial charge in [-0.2, -0.15) is 0 Å². The number of fused-ring (bicyclic) bond motifs is 3. The van der Waals surface area contributed by atoms with Crippen LogP contribution in [0.4, 0.5) is 0 Å². The van der Waals surface area contributed by atoms with Crippen molar-refractivity contribution in [3.8, 4) is 5.75 Å². The minimum absolute atomic E-state index is 0.207. The fourth-order valence-electron chi connectivity index (χ4n) is 3.97. The van der Waals surface area contributed by atoms with Crippen LogP contribution in [-0.2, 0) is 12.8 Å². The average Bonchev–Trinajstić information content (AvgIpc) is 3.23. The molecule has 0 saturated carbocycles. The van der Waals surface area contributed by atoms with Gasteiger partial charge in [0.2, 0.25) is 0 Å². The van der Waals surface area contributed by atoms with Crippen LogP contribution in [0.3, 0.4) is 0 Å². The first-order valence-electron chi connectivity index (χ1n) is 8.83. The van der Waals surface area contributed by atoms with Crippen LogP contribution in [0.15, 0.2) is 22.3 Å². The Hall–Kier alpha value is -1.68. The second kappa shape index (κ2) is 6.32. The third kappa shape index (κ3) is 2.48. The summed E-state index contributed by atoms with van der Waals surface area (Å²) >= 11 is 1.78. The van der Waals surface area contributed by atoms with E-state index in [1.165, 1.54) is 11.1 Å². The summed E-state index contributed by atoms with van der Waals surface area (Å²) in [5.41, 5.74) is 5.55. The fraction of sp³-hybridized carbons (Fsp3) is 0.450. The van der Waals surface area contributed by atoms with Crippen molar-refractivity contribution in [3.05, 3.63) is 50.2 Å². The predicted molar refractivity (Wildman–Crippen MR) is 101 cm³/mol. The van der Waals surface area contributed by atoms with Crippen LogP contribution in [-0.4, -0.2) is 17.3 Å². The molecule has 1 aromatic carbocycles. The third-order valence-corrected chi connectivity index (χ3v) is 5.97. The summed E-state index contributed by atoms with van der Waals surface area (Å²) in [7, 11) is 0. The Kier molecular flexibility index (Phi) is 4.17. The van der Waals surface area contributed by atoms with Crippen LogP contribution in [0.5, 0.6) is 5.75 Å². The molecule has 0 fully saturated rings. The molecule has 4 rings (SSSR count). The summed E-state index contributed by atoms with van der Waals surface area (Å²) in [5, 5.41) is 2.99. The van der Waals surface area contributed by atoms with Crippen molar-refractivity contribution in [1.29, 1.82) is 0 Å². The number of benzene rings is 1. The lowest BCUT2D eigenvalue weighted by Crippen LogP contribution is -2.18. The van der Waals surface area contributed by atoms with Crippen molar-refractivity contribution in [3.63, 3.8) is 0 Å². The Morgan fingerprint density at radius 1 is 1.38 bits per heavy atom. The zero-order valence-corrected chi connectivity index (χ0v) is 15.1. The number of hydrogen-bond donors (Lipinski definition) is 1. The van der Waals surface area contributed by atoms with Gasteiger partial charge < -0.3 is 9.72 Å². The summed E-state index contributed by atoms with van der Waals surface area (Å²) < 4.78 is 5.98. The number of ether oxygens (including phenoxy) is 1. The van der Waals surface area contributed by atoms with Gasteiger partial charge in [-0.25, -0.2) is 0 Å². The molecule has 1 aromatic heterocycles. The van der Waals surface area contributed by atoms with Crippen LogP contribution in [0.25, 0.3) is 10.9 Å². The fourth-order valence-corrected chi connectivity index (χ4v) is 4.86. The van der Waals surface area contributed by atoms with Gasteiger partial charge in [0.25, 0.3) is 0 Å². The minimum Gasteiger partial charge on any atom is -0.491 e. The van der Waals surface area contributed by atoms with E-state index in [-0.39, 0.29) is 11.3 Å². The van der Waals surface area contributed by atoms with E-state index in [4.69, 9.17) is 4.74 Å². The highest BCUT2D eigenvalue weighted by Crippen LogP contribution is 2.36. The molecule has 0 saturated heterocycles. The van der Waals surface area contributed by atoms with E-state index in [9.17, 15) is 4.79 Å². The van der Waals surface area contributed by atoms with E-state index in [0.717, 1.165) is 59.3 Å². The van der Waals surface area contributed by atoms with Crippen molar-refractivity contribution >= 4 is 22.7 Å². The molecular formula is C20H23NO2S. The minimum atomic E-state index is 0.207. The number of hydrogen-bond acceptors (Lipinski definition) is 3. The van der Waals surface area contributed by atoms with Gasteiger partial charge >= 0.3 is 0 Å². The average molecular weight is 341 g/mol. The number of thioether (sulfide) groups is 1. The number of aromatic nitrogens is 1. The lowest BCUT2D eigenvalue weighted by molar-refractivity contribution is 0.320. The zero-order chi connectivity index (χ0) is 16.7. The van der Waals surface area contributed by atoms with Gasteiger partial charge in [-0.05, 0) is 55.2 Å². The first-order chi connectivity index (χ1) is 11.7. The predicted octanol–water partition coefficient (Wildman–Crippen LogP) is 4.46. The SMILES string of the molecule is CCCOc1cc2c(c3c(=O)c(C4C=CSC4)c(C)[nH]c13)CCC2. The van der Waals surface area contributed by atoms with Crippen molar-refractivity contribution in [1.82, 2.24) is 4.98 Å². The van der Waals surface area contributed by atoms with Gasteiger partial charge in [0.15, 0.2) is 5.43 Å². The molecule has 3 nitrogen and oxygen atoms in total. The maximum Gasteiger partial charge on any atom is 0.193 e. The van der Waals surface area contributed by atoms with Crippen LogP contribution in [0, 0.1) is 6.92 Å². The molecule has 0 amide bonds. The van der Waals surface area contributed by atoms with Crippen LogP contribution in [0.2, 0.25) is 0 Å². The Morgan fingerprint density at radius 2 is 2.25 bits per heavy atom. The quantitative estimate of drug-likeness (QED) is 0.893. The molecule has 1 aliphatic carbocycles. The smallest absolute Gasteiger partial charge is 0.193 e. The van der Waals surface area contributed by atoms with Gasteiger partial charge in [0.1, 0.15) is 5.75 Å². The number of aromatic amines is 1. The second-order valence-electron chi connectivity index (χ2n) is 6.73. The van der Waals surface area contributed by atoms with Crippen molar-refractivity contribution in [2.45, 2.75) is 45.4 Å². The Morgan fingerprint density at radius 3 is 3.00 bits per heavy atom. The van der Waals surface area contributed by atoms with Crippen molar-refractivity contribution < 1.29 is 4.74 Å². The molecule has 1 atom stereocenters. The van der Waals surface area contributed by atoms with Gasteiger partial charge in [0.05, 0.1) is 17.5 Å². The maximum absolute atomic E-state index is 13.4. The molecule has 0 spiro atoms. The number of pyridine rings is 1. The summed E-state index contributed by atoms with van der Waals surface area (Å²) in [6.45, 7) is 4.80. The summed E-state index contributed by atoms with van der Waals surface area (Å²) in [6.07, 6.45) is 6.30. The number of allylic oxidation sites excluding steroid dienone is 1. The maximum atomic E-state index is 13.4. The van der Waals surface area contributed by atoms with Crippen LogP contribution < -0.4 is 10.2 Å². The van der Waals surface area contributed by atoms with E-state index in [1.54, 1.807) is 11.8 Å². The van der Waals surface area contributed by atoms with Crippen LogP contribution >= 0.6 is 11.8 Å². The molecule has 0 radical (unpaired) electrons. The van der Waals surface area contributed by atoms with Crippen molar-refractivity contribution in [2.24, 2.45) is 0 Å². The number of H-pyrrole nitrogens is 1. The van der Waals surface area contributed by atoms with E-state index in [1.807, 2.05) is 6.92 Å². The Bertz CT molecular complexity index is 882. The first-order valence-corrected chi connectivity index (χ1v) is 9.88. The number of aryl methyl sites for hydroxylation is 3. The van der Waals surface area contributed by atoms with Crippen LogP contribution in [0.1, 0.15) is 48.1 Å². The molecule has 1 unspecified atom stereocenters. The molecule has 126 valence electrons. The number of rotatable bonds is 4. The molecule has 4 heteroatoms. The monoisotopic (exact) mass is 341 g/mol. The topological polar surface area (TPSA) is 42.1 Å². The number of nitrogens with one attached hydrogen (secondary N) is 1. The molecule has 2 aromatic rings. The Balaban J connectivity index is 2.00. The molecular weight excluding hydrogens is 318 g/mol. The lowest BCUT2D eigenvalue weighted by atomic mass is 9.94. The van der Waals surface area contributed by atoms with Gasteiger partial charge in [-0.3, -0.25) is 4.79 Å². The third-order valence-electron chi connectivity index (χ3n) is 5.07. The zero-order valence-electron chi connectivity index (χ0n) is 14.3. The van der Waals surface area contributed by atoms with E-state index >= 15 is 0 Å². The first kappa shape index (κ1) is 15.8. The largest absolute Gasteiger partial charge is 0.491 e. The van der Waals surface area contributed by atoms with Gasteiger partial charge in [0, 0.05) is 22.9 Å². The molecule has 2 heterocycles. The normalized spacial score (nSPS) is 19.2. The molecule has 24 heavy (non-hydrogen) atoms. The molecule has 1 N–H and O–H groups in total. The van der Waals surface area contributed by atoms with E-state index < -0.39 is 0 Å². The Labute approximate surface area is 146 Å². The second-order valence-corrected chi connectivity index (χ2v) is 7.66. The highest BCUT2D eigenvalue weighted by molar-refractivity contribution is 8.02. The van der Waals surface area contributed by atoms with Gasteiger partial charge in [-0.1, -0.05) is 13.0 Å². The highest BCUT2D eigenvalue weighted by atomic mass is 32.2.